The highest BCUT2D eigenvalue weighted by Crippen LogP contribution is 2.29. The summed E-state index contributed by atoms with van der Waals surface area (Å²) in [5, 5.41) is 2.77. The van der Waals surface area contributed by atoms with Gasteiger partial charge in [0.15, 0.2) is 6.61 Å². The van der Waals surface area contributed by atoms with Crippen molar-refractivity contribution in [3.05, 3.63) is 64.7 Å². The number of carbonyl (C=O) groups is 2. The molecule has 0 saturated heterocycles. The van der Waals surface area contributed by atoms with Crippen molar-refractivity contribution in [1.82, 2.24) is 0 Å². The van der Waals surface area contributed by atoms with Crippen LogP contribution in [0, 0.1) is 0 Å². The molecule has 2 aromatic rings. The second-order valence-corrected chi connectivity index (χ2v) is 5.09. The molecule has 0 spiro atoms. The molecular formula is C16H11ClF3NO3. The van der Waals surface area contributed by atoms with Gasteiger partial charge in [-0.05, 0) is 36.4 Å². The zero-order valence-corrected chi connectivity index (χ0v) is 12.8. The number of para-hydroxylation sites is 1. The summed E-state index contributed by atoms with van der Waals surface area (Å²) in [5.74, 6) is -1.53. The lowest BCUT2D eigenvalue weighted by Crippen LogP contribution is -2.21. The molecule has 0 bridgehead atoms. The van der Waals surface area contributed by atoms with Crippen molar-refractivity contribution in [2.75, 3.05) is 11.9 Å². The SMILES string of the molecule is O=C(COC(=O)c1ccc(C(F)(F)F)cc1)Nc1ccccc1Cl. The first kappa shape index (κ1) is 17.8. The number of rotatable bonds is 4. The van der Waals surface area contributed by atoms with Gasteiger partial charge in [-0.3, -0.25) is 4.79 Å². The van der Waals surface area contributed by atoms with Crippen LogP contribution in [0.2, 0.25) is 5.02 Å². The molecule has 126 valence electrons. The molecule has 0 fully saturated rings. The van der Waals surface area contributed by atoms with E-state index in [1.807, 2.05) is 0 Å². The molecule has 1 amide bonds. The summed E-state index contributed by atoms with van der Waals surface area (Å²) in [6.45, 7) is -0.592. The number of hydrogen-bond donors (Lipinski definition) is 1. The maximum atomic E-state index is 12.4. The predicted octanol–water partition coefficient (Wildman–Crippen LogP) is 4.15. The Balaban J connectivity index is 1.91. The van der Waals surface area contributed by atoms with Crippen LogP contribution in [0.1, 0.15) is 15.9 Å². The van der Waals surface area contributed by atoms with Crippen LogP contribution in [0.15, 0.2) is 48.5 Å². The number of carbonyl (C=O) groups excluding carboxylic acids is 2. The predicted molar refractivity (Wildman–Crippen MR) is 81.8 cm³/mol. The van der Waals surface area contributed by atoms with Crippen LogP contribution in [0.4, 0.5) is 18.9 Å². The normalized spacial score (nSPS) is 11.0. The van der Waals surface area contributed by atoms with Crippen LogP contribution in [0.25, 0.3) is 0 Å². The van der Waals surface area contributed by atoms with Crippen LogP contribution in [-0.4, -0.2) is 18.5 Å². The van der Waals surface area contributed by atoms with Gasteiger partial charge >= 0.3 is 12.1 Å². The molecule has 0 radical (unpaired) electrons. The molecule has 2 rings (SSSR count). The molecule has 24 heavy (non-hydrogen) atoms. The average Bonchev–Trinajstić information content (AvgIpc) is 2.54. The monoisotopic (exact) mass is 357 g/mol. The molecule has 0 heterocycles. The second kappa shape index (κ2) is 7.35. The van der Waals surface area contributed by atoms with Crippen LogP contribution in [-0.2, 0) is 15.7 Å². The fourth-order valence-electron chi connectivity index (χ4n) is 1.76. The Morgan fingerprint density at radius 3 is 2.25 bits per heavy atom. The van der Waals surface area contributed by atoms with E-state index in [9.17, 15) is 22.8 Å². The number of anilines is 1. The third kappa shape index (κ3) is 4.73. The Labute approximate surface area is 140 Å². The van der Waals surface area contributed by atoms with Crippen LogP contribution >= 0.6 is 11.6 Å². The van der Waals surface area contributed by atoms with Crippen LogP contribution in [0.5, 0.6) is 0 Å². The topological polar surface area (TPSA) is 55.4 Å². The average molecular weight is 358 g/mol. The molecule has 0 unspecified atom stereocenters. The van der Waals surface area contributed by atoms with Gasteiger partial charge in [0.1, 0.15) is 0 Å². The van der Waals surface area contributed by atoms with E-state index in [2.05, 4.69) is 5.32 Å². The first-order valence-corrected chi connectivity index (χ1v) is 7.04. The Morgan fingerprint density at radius 2 is 1.67 bits per heavy atom. The van der Waals surface area contributed by atoms with Gasteiger partial charge in [-0.1, -0.05) is 23.7 Å². The summed E-state index contributed by atoms with van der Waals surface area (Å²) in [4.78, 5) is 23.4. The van der Waals surface area contributed by atoms with Gasteiger partial charge in [-0.15, -0.1) is 0 Å². The zero-order valence-electron chi connectivity index (χ0n) is 12.1. The highest BCUT2D eigenvalue weighted by molar-refractivity contribution is 6.33. The Kier molecular flexibility index (Phi) is 5.46. The van der Waals surface area contributed by atoms with Crippen LogP contribution in [0.3, 0.4) is 0 Å². The Bertz CT molecular complexity index is 745. The van der Waals surface area contributed by atoms with E-state index in [1.165, 1.54) is 0 Å². The fourth-order valence-corrected chi connectivity index (χ4v) is 1.94. The molecule has 4 nitrogen and oxygen atoms in total. The Morgan fingerprint density at radius 1 is 1.04 bits per heavy atom. The van der Waals surface area contributed by atoms with Crippen molar-refractivity contribution in [2.24, 2.45) is 0 Å². The van der Waals surface area contributed by atoms with Crippen molar-refractivity contribution in [3.63, 3.8) is 0 Å². The van der Waals surface area contributed by atoms with E-state index in [-0.39, 0.29) is 5.56 Å². The second-order valence-electron chi connectivity index (χ2n) is 4.68. The molecular weight excluding hydrogens is 347 g/mol. The smallest absolute Gasteiger partial charge is 0.416 e. The third-order valence-corrected chi connectivity index (χ3v) is 3.26. The number of amides is 1. The van der Waals surface area contributed by atoms with Gasteiger partial charge in [0.2, 0.25) is 0 Å². The van der Waals surface area contributed by atoms with Gasteiger partial charge in [-0.25, -0.2) is 4.79 Å². The standard InChI is InChI=1S/C16H11ClF3NO3/c17-12-3-1-2-4-13(12)21-14(22)9-24-15(23)10-5-7-11(8-6-10)16(18,19)20/h1-8H,9H2,(H,21,22). The van der Waals surface area contributed by atoms with Crippen molar-refractivity contribution in [2.45, 2.75) is 6.18 Å². The van der Waals surface area contributed by atoms with Crippen molar-refractivity contribution in [1.29, 1.82) is 0 Å². The Hall–Kier alpha value is -2.54. The lowest BCUT2D eigenvalue weighted by molar-refractivity contribution is -0.137. The van der Waals surface area contributed by atoms with E-state index >= 15 is 0 Å². The number of halogens is 4. The van der Waals surface area contributed by atoms with E-state index in [0.29, 0.717) is 10.7 Å². The first-order valence-electron chi connectivity index (χ1n) is 6.66. The quantitative estimate of drug-likeness (QED) is 0.836. The highest BCUT2D eigenvalue weighted by atomic mass is 35.5. The summed E-state index contributed by atoms with van der Waals surface area (Å²) in [6, 6.07) is 9.98. The molecule has 0 atom stereocenters. The number of benzene rings is 2. The molecule has 2 aromatic carbocycles. The minimum Gasteiger partial charge on any atom is -0.452 e. The molecule has 8 heteroatoms. The summed E-state index contributed by atoms with van der Waals surface area (Å²) >= 11 is 5.86. The lowest BCUT2D eigenvalue weighted by Gasteiger charge is -2.09. The van der Waals surface area contributed by atoms with Gasteiger partial charge in [0.25, 0.3) is 5.91 Å². The minimum absolute atomic E-state index is 0.0893. The number of hydrogen-bond acceptors (Lipinski definition) is 3. The van der Waals surface area contributed by atoms with E-state index < -0.39 is 30.2 Å². The van der Waals surface area contributed by atoms with Gasteiger partial charge < -0.3 is 10.1 Å². The maximum absolute atomic E-state index is 12.4. The minimum atomic E-state index is -4.49. The van der Waals surface area contributed by atoms with Crippen molar-refractivity contribution in [3.8, 4) is 0 Å². The van der Waals surface area contributed by atoms with Crippen LogP contribution < -0.4 is 5.32 Å². The number of esters is 1. The molecule has 0 saturated carbocycles. The van der Waals surface area contributed by atoms with Crippen molar-refractivity contribution < 1.29 is 27.5 Å². The lowest BCUT2D eigenvalue weighted by atomic mass is 10.1. The summed E-state index contributed by atoms with van der Waals surface area (Å²) in [5.41, 5.74) is -0.612. The van der Waals surface area contributed by atoms with Gasteiger partial charge in [0, 0.05) is 0 Å². The highest BCUT2D eigenvalue weighted by Gasteiger charge is 2.30. The van der Waals surface area contributed by atoms with Gasteiger partial charge in [0.05, 0.1) is 21.8 Å². The molecule has 0 aliphatic heterocycles. The fraction of sp³-hybridized carbons (Fsp3) is 0.125. The number of alkyl halides is 3. The molecule has 0 aliphatic rings. The van der Waals surface area contributed by atoms with Gasteiger partial charge in [-0.2, -0.15) is 13.2 Å². The van der Waals surface area contributed by atoms with E-state index in [4.69, 9.17) is 16.3 Å². The largest absolute Gasteiger partial charge is 0.452 e. The molecule has 1 N–H and O–H groups in total. The maximum Gasteiger partial charge on any atom is 0.416 e. The number of ether oxygens (including phenoxy) is 1. The summed E-state index contributed by atoms with van der Waals surface area (Å²) in [6.07, 6.45) is -4.49. The summed E-state index contributed by atoms with van der Waals surface area (Å²) < 4.78 is 42.1. The molecule has 0 aliphatic carbocycles. The third-order valence-electron chi connectivity index (χ3n) is 2.93. The molecule has 0 aromatic heterocycles. The zero-order chi connectivity index (χ0) is 17.7. The first-order chi connectivity index (χ1) is 11.3. The number of nitrogens with one attached hydrogen (secondary N) is 1. The van der Waals surface area contributed by atoms with E-state index in [1.54, 1.807) is 24.3 Å². The van der Waals surface area contributed by atoms with E-state index in [0.717, 1.165) is 24.3 Å². The van der Waals surface area contributed by atoms with Crippen molar-refractivity contribution >= 4 is 29.2 Å². The summed E-state index contributed by atoms with van der Waals surface area (Å²) in [7, 11) is 0.